The van der Waals surface area contributed by atoms with E-state index in [-0.39, 0.29) is 0 Å². The van der Waals surface area contributed by atoms with Gasteiger partial charge in [-0.2, -0.15) is 9.13 Å². The molecule has 8 heteroatoms. The molecule has 210 valence electrons. The first-order valence-electron chi connectivity index (χ1n) is 15.4. The number of nitrogens with zero attached hydrogens (tertiary/aromatic N) is 8. The quantitative estimate of drug-likeness (QED) is 0.229. The summed E-state index contributed by atoms with van der Waals surface area (Å²) in [4.78, 5) is 22.2. The zero-order valence-corrected chi connectivity index (χ0v) is 25.0. The molecule has 0 aliphatic carbocycles. The molecule has 2 aromatic heterocycles. The molecule has 8 heterocycles. The highest BCUT2D eigenvalue weighted by molar-refractivity contribution is 6.21. The van der Waals surface area contributed by atoms with Crippen molar-refractivity contribution in [1.29, 1.82) is 0 Å². The maximum atomic E-state index is 5.57. The zero-order chi connectivity index (χ0) is 29.7. The van der Waals surface area contributed by atoms with Crippen molar-refractivity contribution in [3.05, 3.63) is 128 Å². The SMILES string of the molecule is Cc1cccc2c1C1=Nc3c4c(C)cccc4c4n3C35n6c(c7cccc(C)c7c6=NC6=[N+]3C(=N4)c3cccc(C)c36)=NC2=[N+]15. The summed E-state index contributed by atoms with van der Waals surface area (Å²) in [6.45, 7) is 8.73. The van der Waals surface area contributed by atoms with E-state index in [2.05, 4.69) is 119 Å². The molecule has 0 fully saturated rings. The van der Waals surface area contributed by atoms with Crippen LogP contribution in [0.25, 0.3) is 21.5 Å². The molecule has 0 bridgehead atoms. The molecule has 0 amide bonds. The van der Waals surface area contributed by atoms with Crippen molar-refractivity contribution >= 4 is 56.5 Å². The number of hydrogen-bond donors (Lipinski definition) is 0. The van der Waals surface area contributed by atoms with Gasteiger partial charge in [0.15, 0.2) is 0 Å². The van der Waals surface area contributed by atoms with Crippen LogP contribution in [0.15, 0.2) is 92.8 Å². The second-order valence-electron chi connectivity index (χ2n) is 13.0. The highest BCUT2D eigenvalue weighted by atomic mass is 15.7. The molecule has 0 saturated heterocycles. The van der Waals surface area contributed by atoms with E-state index >= 15 is 0 Å². The lowest BCUT2D eigenvalue weighted by atomic mass is 10.0. The fourth-order valence-corrected chi connectivity index (χ4v) is 8.94. The Bertz CT molecular complexity index is 2850. The van der Waals surface area contributed by atoms with Gasteiger partial charge in [0.05, 0.1) is 33.0 Å². The largest absolute Gasteiger partial charge is 0.404 e. The summed E-state index contributed by atoms with van der Waals surface area (Å²) in [5.74, 6) is 4.54. The Morgan fingerprint density at radius 3 is 1.96 bits per heavy atom. The summed E-state index contributed by atoms with van der Waals surface area (Å²) in [5.41, 5.74) is 11.0. The molecule has 0 N–H and O–H groups in total. The second kappa shape index (κ2) is 6.81. The van der Waals surface area contributed by atoms with Gasteiger partial charge in [0.1, 0.15) is 0 Å². The first kappa shape index (κ1) is 22.7. The van der Waals surface area contributed by atoms with Gasteiger partial charge in [0.25, 0.3) is 23.3 Å². The Morgan fingerprint density at radius 1 is 0.511 bits per heavy atom. The van der Waals surface area contributed by atoms with Gasteiger partial charge in [-0.25, -0.2) is 0 Å². The smallest absolute Gasteiger partial charge is 0.192 e. The molecule has 6 aromatic rings. The molecule has 4 aromatic carbocycles. The van der Waals surface area contributed by atoms with Crippen LogP contribution in [0.1, 0.15) is 44.5 Å². The van der Waals surface area contributed by atoms with Crippen LogP contribution >= 0.6 is 0 Å². The molecule has 1 atom stereocenters. The minimum atomic E-state index is -0.953. The first-order valence-corrected chi connectivity index (χ1v) is 15.4. The second-order valence-corrected chi connectivity index (χ2v) is 13.0. The van der Waals surface area contributed by atoms with Gasteiger partial charge in [0.2, 0.25) is 22.6 Å². The van der Waals surface area contributed by atoms with E-state index in [0.29, 0.717) is 0 Å². The third-order valence-corrected chi connectivity index (χ3v) is 10.7. The third-order valence-electron chi connectivity index (χ3n) is 10.7. The maximum Gasteiger partial charge on any atom is 0.404 e. The Morgan fingerprint density at radius 2 is 1.13 bits per heavy atom. The van der Waals surface area contributed by atoms with Crippen LogP contribution in [0.2, 0.25) is 0 Å². The molecule has 1 unspecified atom stereocenters. The average Bonchev–Trinajstić information content (AvgIpc) is 3.75. The number of benzene rings is 4. The van der Waals surface area contributed by atoms with E-state index in [1.54, 1.807) is 0 Å². The molecule has 6 aliphatic heterocycles. The molecule has 1 spiro atoms. The maximum absolute atomic E-state index is 5.57. The van der Waals surface area contributed by atoms with Gasteiger partial charge in [-0.15, -0.1) is 9.15 Å². The highest BCUT2D eigenvalue weighted by Crippen LogP contribution is 2.53. The van der Waals surface area contributed by atoms with Crippen molar-refractivity contribution in [1.82, 2.24) is 9.13 Å². The number of fused-ring (bicyclic) bond motifs is 12. The molecule has 0 saturated carbocycles. The molecule has 12 rings (SSSR count). The van der Waals surface area contributed by atoms with Crippen LogP contribution in [0.4, 0.5) is 11.6 Å². The summed E-state index contributed by atoms with van der Waals surface area (Å²) in [6.07, 6.45) is 0. The lowest BCUT2D eigenvalue weighted by molar-refractivity contribution is -0.790. The summed E-state index contributed by atoms with van der Waals surface area (Å²) in [7, 11) is 0. The standard InChI is InChI=1S/C37H24N8/c1-17-9-5-13-21-25(17)33-40-34-26-18(2)10-6-14-22(26)31-39-32-24-16-8-12-20(4)28(24)36-41-35-27-19(3)11-7-15-23(27)30-38-29(21)42(33)37(43(31)34,44(30)35)45(32)36/h5-16H,1-4H3/q+2. The monoisotopic (exact) mass is 580 g/mol. The van der Waals surface area contributed by atoms with E-state index in [1.807, 2.05) is 0 Å². The van der Waals surface area contributed by atoms with E-state index in [0.717, 1.165) is 89.8 Å². The molecular weight excluding hydrogens is 556 g/mol. The van der Waals surface area contributed by atoms with Crippen molar-refractivity contribution in [2.45, 2.75) is 33.6 Å². The fraction of sp³-hybridized carbons (Fsp3) is 0.135. The van der Waals surface area contributed by atoms with Crippen molar-refractivity contribution in [2.24, 2.45) is 20.0 Å². The summed E-state index contributed by atoms with van der Waals surface area (Å²) < 4.78 is 9.52. The van der Waals surface area contributed by atoms with Crippen LogP contribution in [-0.2, 0) is 5.91 Å². The number of aromatic nitrogens is 2. The van der Waals surface area contributed by atoms with Gasteiger partial charge in [-0.1, -0.05) is 68.5 Å². The number of amidine groups is 4. The zero-order valence-electron chi connectivity index (χ0n) is 25.0. The van der Waals surface area contributed by atoms with E-state index in [9.17, 15) is 0 Å². The Hall–Kier alpha value is -5.76. The van der Waals surface area contributed by atoms with Crippen LogP contribution in [-0.4, -0.2) is 41.6 Å². The van der Waals surface area contributed by atoms with Crippen LogP contribution < -0.4 is 11.0 Å². The Labute approximate surface area is 256 Å². The van der Waals surface area contributed by atoms with Gasteiger partial charge in [-0.05, 0) is 74.2 Å². The molecule has 8 nitrogen and oxygen atoms in total. The summed E-state index contributed by atoms with van der Waals surface area (Å²) in [6, 6.07) is 26.1. The van der Waals surface area contributed by atoms with Crippen molar-refractivity contribution < 1.29 is 9.15 Å². The minimum absolute atomic E-state index is 0.911. The van der Waals surface area contributed by atoms with E-state index < -0.39 is 5.91 Å². The molecule has 0 radical (unpaired) electrons. The van der Waals surface area contributed by atoms with E-state index in [4.69, 9.17) is 20.0 Å². The normalized spacial score (nSPS) is 20.1. The summed E-state index contributed by atoms with van der Waals surface area (Å²) in [5, 5.41) is 4.48. The van der Waals surface area contributed by atoms with Crippen molar-refractivity contribution in [3.8, 4) is 0 Å². The van der Waals surface area contributed by atoms with Gasteiger partial charge >= 0.3 is 5.91 Å². The van der Waals surface area contributed by atoms with Crippen LogP contribution in [0, 0.1) is 27.7 Å². The number of aliphatic imine (C=N–C) groups is 2. The van der Waals surface area contributed by atoms with Gasteiger partial charge in [-0.3, -0.25) is 0 Å². The average molecular weight is 581 g/mol. The first-order chi connectivity index (χ1) is 22.0. The van der Waals surface area contributed by atoms with Crippen molar-refractivity contribution in [3.63, 3.8) is 0 Å². The predicted octanol–water partition coefficient (Wildman–Crippen LogP) is 4.94. The number of rotatable bonds is 0. The van der Waals surface area contributed by atoms with Gasteiger partial charge < -0.3 is 0 Å². The van der Waals surface area contributed by atoms with Gasteiger partial charge in [0, 0.05) is 10.8 Å². The highest BCUT2D eigenvalue weighted by Gasteiger charge is 2.69. The fourth-order valence-electron chi connectivity index (χ4n) is 8.94. The van der Waals surface area contributed by atoms with Crippen LogP contribution in [0.3, 0.4) is 0 Å². The lowest BCUT2D eigenvalue weighted by Gasteiger charge is -2.40. The van der Waals surface area contributed by atoms with E-state index in [1.165, 1.54) is 22.3 Å². The molecular formula is C37H24N8+2. The number of aryl methyl sites for hydroxylation is 4. The topological polar surface area (TPSA) is 65.3 Å². The predicted molar refractivity (Wildman–Crippen MR) is 173 cm³/mol. The Kier molecular flexibility index (Phi) is 3.44. The Balaban J connectivity index is 1.45. The molecule has 45 heavy (non-hydrogen) atoms. The third kappa shape index (κ3) is 2.11. The molecule has 6 aliphatic rings. The minimum Gasteiger partial charge on any atom is -0.192 e. The van der Waals surface area contributed by atoms with Crippen LogP contribution in [0.5, 0.6) is 0 Å². The lowest BCUT2D eigenvalue weighted by Crippen LogP contribution is -2.71. The number of hydrogen-bond acceptors (Lipinski definition) is 4. The summed E-state index contributed by atoms with van der Waals surface area (Å²) >= 11 is 0. The van der Waals surface area contributed by atoms with Crippen molar-refractivity contribution in [2.75, 3.05) is 0 Å².